The van der Waals surface area contributed by atoms with Crippen molar-refractivity contribution in [3.8, 4) is 5.75 Å². The average Bonchev–Trinajstić information content (AvgIpc) is 3.05. The van der Waals surface area contributed by atoms with E-state index >= 15 is 0 Å². The maximum atomic E-state index is 11.4. The third-order valence-corrected chi connectivity index (χ3v) is 3.90. The second kappa shape index (κ2) is 5.18. The molecule has 5 nitrogen and oxygen atoms in total. The van der Waals surface area contributed by atoms with Gasteiger partial charge in [-0.15, -0.1) is 0 Å². The van der Waals surface area contributed by atoms with Crippen LogP contribution < -0.4 is 15.5 Å². The molecule has 2 aliphatic rings. The summed E-state index contributed by atoms with van der Waals surface area (Å²) in [6.45, 7) is 0.0743. The first kappa shape index (κ1) is 12.9. The zero-order valence-electron chi connectivity index (χ0n) is 11.9. The molecule has 0 spiro atoms. The van der Waals surface area contributed by atoms with Gasteiger partial charge in [-0.1, -0.05) is 30.3 Å². The first-order chi connectivity index (χ1) is 10.8. The van der Waals surface area contributed by atoms with Crippen LogP contribution in [0.1, 0.15) is 23.6 Å². The van der Waals surface area contributed by atoms with Gasteiger partial charge in [0.25, 0.3) is 5.91 Å². The van der Waals surface area contributed by atoms with Crippen LogP contribution in [0.25, 0.3) is 0 Å². The Morgan fingerprint density at radius 3 is 2.86 bits per heavy atom. The molecular formula is C17H15N3O2. The second-order valence-electron chi connectivity index (χ2n) is 5.40. The number of nitrogens with zero attached hydrogens (tertiary/aromatic N) is 1. The lowest BCUT2D eigenvalue weighted by molar-refractivity contribution is -0.118. The molecule has 22 heavy (non-hydrogen) atoms. The predicted molar refractivity (Wildman–Crippen MR) is 84.0 cm³/mol. The number of carbonyl (C=O) groups excluding carboxylic acids is 1. The van der Waals surface area contributed by atoms with Crippen LogP contribution in [0.5, 0.6) is 5.75 Å². The van der Waals surface area contributed by atoms with Crippen molar-refractivity contribution < 1.29 is 9.53 Å². The number of fused-ring (bicyclic) bond motifs is 1. The van der Waals surface area contributed by atoms with Crippen LogP contribution in [-0.4, -0.2) is 18.2 Å². The van der Waals surface area contributed by atoms with Crippen molar-refractivity contribution in [1.29, 1.82) is 0 Å². The highest BCUT2D eigenvalue weighted by Crippen LogP contribution is 2.31. The number of hydrazone groups is 1. The monoisotopic (exact) mass is 293 g/mol. The van der Waals surface area contributed by atoms with E-state index in [1.54, 1.807) is 0 Å². The minimum atomic E-state index is -0.127. The summed E-state index contributed by atoms with van der Waals surface area (Å²) in [4.78, 5) is 11.4. The fraction of sp³-hybridized carbons (Fsp3) is 0.176. The summed E-state index contributed by atoms with van der Waals surface area (Å²) in [7, 11) is 0. The Kier molecular flexibility index (Phi) is 3.04. The first-order valence-electron chi connectivity index (χ1n) is 7.24. The first-order valence-corrected chi connectivity index (χ1v) is 7.24. The molecule has 110 valence electrons. The molecule has 2 N–H and O–H groups in total. The van der Waals surface area contributed by atoms with E-state index in [4.69, 9.17) is 4.74 Å². The van der Waals surface area contributed by atoms with E-state index < -0.39 is 0 Å². The number of hydrogen-bond donors (Lipinski definition) is 2. The molecule has 2 aromatic rings. The van der Waals surface area contributed by atoms with Crippen molar-refractivity contribution in [2.75, 3.05) is 11.9 Å². The molecule has 0 aromatic heterocycles. The Morgan fingerprint density at radius 1 is 1.14 bits per heavy atom. The zero-order chi connectivity index (χ0) is 14.9. The Balaban J connectivity index is 1.56. The van der Waals surface area contributed by atoms with Gasteiger partial charge in [-0.25, -0.2) is 0 Å². The van der Waals surface area contributed by atoms with E-state index in [0.717, 1.165) is 17.7 Å². The third-order valence-electron chi connectivity index (χ3n) is 3.90. The Bertz CT molecular complexity index is 756. The highest BCUT2D eigenvalue weighted by atomic mass is 16.5. The van der Waals surface area contributed by atoms with Gasteiger partial charge in [0.05, 0.1) is 17.4 Å². The number of carbonyl (C=O) groups is 1. The van der Waals surface area contributed by atoms with Gasteiger partial charge >= 0.3 is 0 Å². The van der Waals surface area contributed by atoms with Crippen LogP contribution in [0.3, 0.4) is 0 Å². The van der Waals surface area contributed by atoms with E-state index in [2.05, 4.69) is 28.0 Å². The van der Waals surface area contributed by atoms with Crippen molar-refractivity contribution in [1.82, 2.24) is 5.43 Å². The zero-order valence-corrected chi connectivity index (χ0v) is 11.9. The fourth-order valence-electron chi connectivity index (χ4n) is 2.76. The Labute approximate surface area is 128 Å². The van der Waals surface area contributed by atoms with Crippen LogP contribution in [0.2, 0.25) is 0 Å². The predicted octanol–water partition coefficient (Wildman–Crippen LogP) is 2.46. The van der Waals surface area contributed by atoms with Gasteiger partial charge in [0.1, 0.15) is 5.75 Å². The molecule has 0 radical (unpaired) electrons. The molecule has 0 saturated heterocycles. The highest BCUT2D eigenvalue weighted by molar-refractivity contribution is 6.04. The number of rotatable bonds is 2. The van der Waals surface area contributed by atoms with Gasteiger partial charge in [-0.2, -0.15) is 5.10 Å². The summed E-state index contributed by atoms with van der Waals surface area (Å²) in [6, 6.07) is 16.2. The molecule has 0 aliphatic carbocycles. The van der Waals surface area contributed by atoms with Crippen molar-refractivity contribution >= 4 is 17.3 Å². The van der Waals surface area contributed by atoms with E-state index in [1.165, 1.54) is 5.56 Å². The van der Waals surface area contributed by atoms with Crippen LogP contribution >= 0.6 is 0 Å². The molecule has 5 heteroatoms. The highest BCUT2D eigenvalue weighted by Gasteiger charge is 2.23. The lowest BCUT2D eigenvalue weighted by Gasteiger charge is -2.18. The third kappa shape index (κ3) is 2.30. The van der Waals surface area contributed by atoms with Crippen LogP contribution in [0, 0.1) is 0 Å². The number of anilines is 1. The SMILES string of the molecule is O=C1COc2ccc(C3=NNC(c4ccccc4)C3)cc2N1. The van der Waals surface area contributed by atoms with Crippen LogP contribution in [0.15, 0.2) is 53.6 Å². The minimum absolute atomic E-state index is 0.0743. The number of ether oxygens (including phenoxy) is 1. The van der Waals surface area contributed by atoms with Gasteiger partial charge in [-0.3, -0.25) is 4.79 Å². The quantitative estimate of drug-likeness (QED) is 0.894. The molecule has 2 aromatic carbocycles. The summed E-state index contributed by atoms with van der Waals surface area (Å²) in [5.74, 6) is 0.577. The lowest BCUT2D eigenvalue weighted by Crippen LogP contribution is -2.25. The smallest absolute Gasteiger partial charge is 0.262 e. The molecule has 1 amide bonds. The van der Waals surface area contributed by atoms with E-state index in [1.807, 2.05) is 36.4 Å². The van der Waals surface area contributed by atoms with E-state index in [0.29, 0.717) is 11.4 Å². The molecular weight excluding hydrogens is 278 g/mol. The van der Waals surface area contributed by atoms with Gasteiger partial charge in [-0.05, 0) is 23.8 Å². The van der Waals surface area contributed by atoms with Crippen LogP contribution in [0.4, 0.5) is 5.69 Å². The molecule has 1 atom stereocenters. The molecule has 1 unspecified atom stereocenters. The summed E-state index contributed by atoms with van der Waals surface area (Å²) in [5.41, 5.74) is 7.08. The number of benzene rings is 2. The summed E-state index contributed by atoms with van der Waals surface area (Å²) >= 11 is 0. The molecule has 0 bridgehead atoms. The molecule has 4 rings (SSSR count). The van der Waals surface area contributed by atoms with Gasteiger partial charge < -0.3 is 15.5 Å². The van der Waals surface area contributed by atoms with Gasteiger partial charge in [0.15, 0.2) is 6.61 Å². The van der Waals surface area contributed by atoms with Crippen molar-refractivity contribution in [2.24, 2.45) is 5.10 Å². The summed E-state index contributed by atoms with van der Waals surface area (Å²) < 4.78 is 5.38. The summed E-state index contributed by atoms with van der Waals surface area (Å²) in [6.07, 6.45) is 0.817. The minimum Gasteiger partial charge on any atom is -0.482 e. The number of hydrogen-bond acceptors (Lipinski definition) is 4. The van der Waals surface area contributed by atoms with Crippen LogP contribution in [-0.2, 0) is 4.79 Å². The average molecular weight is 293 g/mol. The maximum Gasteiger partial charge on any atom is 0.262 e. The number of amides is 1. The largest absolute Gasteiger partial charge is 0.482 e. The fourth-order valence-corrected chi connectivity index (χ4v) is 2.76. The normalized spacial score (nSPS) is 19.5. The maximum absolute atomic E-state index is 11.4. The molecule has 2 aliphatic heterocycles. The number of nitrogens with one attached hydrogen (secondary N) is 2. The second-order valence-corrected chi connectivity index (χ2v) is 5.40. The van der Waals surface area contributed by atoms with Gasteiger partial charge in [0.2, 0.25) is 0 Å². The van der Waals surface area contributed by atoms with E-state index in [-0.39, 0.29) is 18.6 Å². The lowest BCUT2D eigenvalue weighted by atomic mass is 9.98. The Morgan fingerprint density at radius 2 is 2.00 bits per heavy atom. The van der Waals surface area contributed by atoms with Gasteiger partial charge in [0, 0.05) is 12.0 Å². The van der Waals surface area contributed by atoms with Crippen molar-refractivity contribution in [2.45, 2.75) is 12.5 Å². The van der Waals surface area contributed by atoms with Crippen molar-refractivity contribution in [3.63, 3.8) is 0 Å². The topological polar surface area (TPSA) is 62.7 Å². The molecule has 0 saturated carbocycles. The Hall–Kier alpha value is -2.82. The molecule has 2 heterocycles. The standard InChI is InChI=1S/C17H15N3O2/c21-17-10-22-16-7-6-12(8-15(16)18-17)14-9-13(19-20-14)11-4-2-1-3-5-11/h1-8,13,19H,9-10H2,(H,18,21). The van der Waals surface area contributed by atoms with E-state index in [9.17, 15) is 4.79 Å². The molecule has 0 fully saturated rings. The summed E-state index contributed by atoms with van der Waals surface area (Å²) in [5, 5.41) is 7.27. The van der Waals surface area contributed by atoms with Crippen molar-refractivity contribution in [3.05, 3.63) is 59.7 Å².